The highest BCUT2D eigenvalue weighted by atomic mass is 32.2. The van der Waals surface area contributed by atoms with Crippen molar-refractivity contribution in [3.63, 3.8) is 0 Å². The molecule has 1 aromatic heterocycles. The molecule has 0 amide bonds. The van der Waals surface area contributed by atoms with Crippen LogP contribution in [0.4, 0.5) is 5.82 Å². The number of nitrogens with two attached hydrogens (primary N) is 1. The van der Waals surface area contributed by atoms with Crippen molar-refractivity contribution in [3.05, 3.63) is 18.3 Å². The number of hydrogen-bond donors (Lipinski definition) is 3. The van der Waals surface area contributed by atoms with Crippen molar-refractivity contribution in [2.45, 2.75) is 56.4 Å². The van der Waals surface area contributed by atoms with Gasteiger partial charge in [0.2, 0.25) is 10.0 Å². The molecule has 2 rings (SSSR count). The number of nitrogens with zero attached hydrogens (tertiary/aromatic N) is 1. The van der Waals surface area contributed by atoms with E-state index < -0.39 is 10.0 Å². The number of pyridine rings is 1. The van der Waals surface area contributed by atoms with Gasteiger partial charge in [0.05, 0.1) is 0 Å². The maximum absolute atomic E-state index is 12.4. The summed E-state index contributed by atoms with van der Waals surface area (Å²) in [5.41, 5.74) is 2.38. The predicted octanol–water partition coefficient (Wildman–Crippen LogP) is 2.00. The van der Waals surface area contributed by atoms with Gasteiger partial charge in [-0.3, -0.25) is 0 Å². The summed E-state index contributed by atoms with van der Waals surface area (Å²) >= 11 is 0. The molecule has 1 fully saturated rings. The summed E-state index contributed by atoms with van der Waals surface area (Å²) in [4.78, 5) is 4.13. The quantitative estimate of drug-likeness (QED) is 0.551. The highest BCUT2D eigenvalue weighted by Crippen LogP contribution is 2.28. The monoisotopic (exact) mass is 312 g/mol. The largest absolute Gasteiger partial charge is 0.308 e. The average molecular weight is 312 g/mol. The van der Waals surface area contributed by atoms with Gasteiger partial charge >= 0.3 is 0 Å². The number of hydrogen-bond acceptors (Lipinski definition) is 5. The summed E-state index contributed by atoms with van der Waals surface area (Å²) in [5, 5.41) is 0. The average Bonchev–Trinajstić information content (AvgIpc) is 2.53. The molecule has 0 aromatic carbocycles. The number of anilines is 1. The highest BCUT2D eigenvalue weighted by molar-refractivity contribution is 7.89. The summed E-state index contributed by atoms with van der Waals surface area (Å²) in [6.07, 6.45) is 8.00. The minimum Gasteiger partial charge on any atom is -0.308 e. The summed E-state index contributed by atoms with van der Waals surface area (Å²) in [6.45, 7) is 2.03. The van der Waals surface area contributed by atoms with Crippen molar-refractivity contribution in [2.24, 2.45) is 11.8 Å². The summed E-state index contributed by atoms with van der Waals surface area (Å²) in [5.74, 6) is 6.11. The molecule has 0 spiro atoms. The Kier molecular flexibility index (Phi) is 5.55. The minimum absolute atomic E-state index is 0.00242. The Morgan fingerprint density at radius 1 is 1.33 bits per heavy atom. The van der Waals surface area contributed by atoms with Gasteiger partial charge in [0.25, 0.3) is 0 Å². The molecule has 1 aliphatic carbocycles. The molecule has 118 valence electrons. The van der Waals surface area contributed by atoms with Gasteiger partial charge < -0.3 is 5.43 Å². The van der Waals surface area contributed by atoms with Crippen LogP contribution in [0.1, 0.15) is 45.4 Å². The first-order valence-corrected chi connectivity index (χ1v) is 9.00. The van der Waals surface area contributed by atoms with Crippen molar-refractivity contribution in [3.8, 4) is 0 Å². The van der Waals surface area contributed by atoms with Gasteiger partial charge in [-0.05, 0) is 37.3 Å². The molecule has 0 bridgehead atoms. The molecule has 1 aliphatic rings. The molecular formula is C14H24N4O2S. The van der Waals surface area contributed by atoms with Crippen molar-refractivity contribution in [1.82, 2.24) is 9.71 Å². The molecule has 4 N–H and O–H groups in total. The zero-order valence-electron chi connectivity index (χ0n) is 12.4. The van der Waals surface area contributed by atoms with E-state index in [0.29, 0.717) is 11.7 Å². The zero-order valence-corrected chi connectivity index (χ0v) is 13.2. The Morgan fingerprint density at radius 2 is 2.05 bits per heavy atom. The molecule has 7 heteroatoms. The van der Waals surface area contributed by atoms with Gasteiger partial charge in [-0.2, -0.15) is 0 Å². The summed E-state index contributed by atoms with van der Waals surface area (Å²) in [7, 11) is -3.53. The van der Waals surface area contributed by atoms with Crippen LogP contribution < -0.4 is 16.0 Å². The molecule has 21 heavy (non-hydrogen) atoms. The van der Waals surface area contributed by atoms with E-state index in [1.165, 1.54) is 31.5 Å². The second-order valence-electron chi connectivity index (χ2n) is 5.56. The lowest BCUT2D eigenvalue weighted by Gasteiger charge is -2.30. The third-order valence-corrected chi connectivity index (χ3v) is 5.63. The normalized spacial score (nSPS) is 18.4. The number of sulfonamides is 1. The molecule has 1 saturated carbocycles. The Bertz CT molecular complexity index is 539. The van der Waals surface area contributed by atoms with E-state index in [1.54, 1.807) is 6.07 Å². The first kappa shape index (κ1) is 16.2. The lowest BCUT2D eigenvalue weighted by Crippen LogP contribution is -2.40. The number of aromatic nitrogens is 1. The molecule has 1 unspecified atom stereocenters. The summed E-state index contributed by atoms with van der Waals surface area (Å²) in [6, 6.07) is 3.07. The van der Waals surface area contributed by atoms with Crippen LogP contribution >= 0.6 is 0 Å². The van der Waals surface area contributed by atoms with Crippen LogP contribution in [0, 0.1) is 5.92 Å². The topological polar surface area (TPSA) is 97.1 Å². The smallest absolute Gasteiger partial charge is 0.242 e. The number of rotatable bonds is 6. The maximum atomic E-state index is 12.4. The fourth-order valence-corrected chi connectivity index (χ4v) is 4.27. The first-order chi connectivity index (χ1) is 10.1. The third kappa shape index (κ3) is 4.15. The van der Waals surface area contributed by atoms with Crippen LogP contribution in [0.5, 0.6) is 0 Å². The molecule has 1 atom stereocenters. The van der Waals surface area contributed by atoms with Crippen LogP contribution in [0.3, 0.4) is 0 Å². The van der Waals surface area contributed by atoms with Crippen LogP contribution in [0.15, 0.2) is 23.2 Å². The van der Waals surface area contributed by atoms with Crippen molar-refractivity contribution < 1.29 is 8.42 Å². The Morgan fingerprint density at radius 3 is 2.57 bits per heavy atom. The second kappa shape index (κ2) is 7.20. The van der Waals surface area contributed by atoms with Gasteiger partial charge in [-0.25, -0.2) is 24.0 Å². The molecule has 6 nitrogen and oxygen atoms in total. The van der Waals surface area contributed by atoms with Crippen molar-refractivity contribution in [1.29, 1.82) is 0 Å². The number of nitrogen functional groups attached to an aromatic ring is 1. The lowest BCUT2D eigenvalue weighted by atomic mass is 9.83. The lowest BCUT2D eigenvalue weighted by molar-refractivity contribution is 0.285. The van der Waals surface area contributed by atoms with Gasteiger partial charge in [0.1, 0.15) is 10.7 Å². The zero-order chi connectivity index (χ0) is 15.3. The van der Waals surface area contributed by atoms with Gasteiger partial charge in [0.15, 0.2) is 0 Å². The fourth-order valence-electron chi connectivity index (χ4n) is 2.94. The molecule has 1 aromatic rings. The third-order valence-electron chi connectivity index (χ3n) is 4.16. The molecule has 0 saturated heterocycles. The van der Waals surface area contributed by atoms with Crippen LogP contribution in [0.25, 0.3) is 0 Å². The van der Waals surface area contributed by atoms with E-state index in [1.807, 2.05) is 6.92 Å². The van der Waals surface area contributed by atoms with Crippen molar-refractivity contribution in [2.75, 3.05) is 5.43 Å². The molecule has 0 aliphatic heterocycles. The van der Waals surface area contributed by atoms with E-state index in [0.717, 1.165) is 19.3 Å². The van der Waals surface area contributed by atoms with Crippen LogP contribution in [-0.2, 0) is 10.0 Å². The maximum Gasteiger partial charge on any atom is 0.242 e. The Labute approximate surface area is 126 Å². The number of hydrazine groups is 1. The van der Waals surface area contributed by atoms with E-state index in [-0.39, 0.29) is 10.9 Å². The first-order valence-electron chi connectivity index (χ1n) is 7.52. The molecule has 0 radical (unpaired) electrons. The Balaban J connectivity index is 2.10. The van der Waals surface area contributed by atoms with Crippen LogP contribution in [0.2, 0.25) is 0 Å². The van der Waals surface area contributed by atoms with Gasteiger partial charge in [-0.15, -0.1) is 0 Å². The predicted molar refractivity (Wildman–Crippen MR) is 83.0 cm³/mol. The fraction of sp³-hybridized carbons (Fsp3) is 0.643. The van der Waals surface area contributed by atoms with E-state index in [2.05, 4.69) is 15.1 Å². The highest BCUT2D eigenvalue weighted by Gasteiger charge is 2.27. The summed E-state index contributed by atoms with van der Waals surface area (Å²) < 4.78 is 27.7. The second-order valence-corrected chi connectivity index (χ2v) is 7.27. The number of nitrogens with one attached hydrogen (secondary N) is 2. The van der Waals surface area contributed by atoms with Gasteiger partial charge in [0, 0.05) is 12.2 Å². The van der Waals surface area contributed by atoms with E-state index in [4.69, 9.17) is 5.84 Å². The molecule has 1 heterocycles. The Hall–Kier alpha value is -1.18. The van der Waals surface area contributed by atoms with Crippen LogP contribution in [-0.4, -0.2) is 19.4 Å². The SMILES string of the molecule is CCC(NS(=O)(=O)c1ccc(NN)nc1)C1CCCCC1. The van der Waals surface area contributed by atoms with E-state index in [9.17, 15) is 8.42 Å². The standard InChI is InChI=1S/C14H24N4O2S/c1-2-13(11-6-4-3-5-7-11)18-21(19,20)12-8-9-14(17-15)16-10-12/h8-11,13,18H,2-7,15H2,1H3,(H,16,17). The minimum atomic E-state index is -3.53. The van der Waals surface area contributed by atoms with Gasteiger partial charge in [-0.1, -0.05) is 26.2 Å². The molecular weight excluding hydrogens is 288 g/mol. The van der Waals surface area contributed by atoms with E-state index >= 15 is 0 Å². The van der Waals surface area contributed by atoms with Crippen molar-refractivity contribution >= 4 is 15.8 Å².